The third-order valence-corrected chi connectivity index (χ3v) is 3.95. The first-order valence-electron chi connectivity index (χ1n) is 7.62. The average Bonchev–Trinajstić information content (AvgIpc) is 2.49. The highest BCUT2D eigenvalue weighted by molar-refractivity contribution is 5.94. The number of aliphatic hydroxyl groups is 1. The molecule has 0 saturated carbocycles. The van der Waals surface area contributed by atoms with E-state index in [1.165, 1.54) is 0 Å². The third-order valence-electron chi connectivity index (χ3n) is 3.95. The van der Waals surface area contributed by atoms with Gasteiger partial charge in [0.2, 0.25) is 0 Å². The lowest BCUT2D eigenvalue weighted by molar-refractivity contribution is 0.0851. The number of nitrogens with one attached hydrogen (secondary N) is 1. The molecule has 0 aromatic heterocycles. The Morgan fingerprint density at radius 2 is 1.81 bits per heavy atom. The lowest BCUT2D eigenvalue weighted by Gasteiger charge is -2.29. The van der Waals surface area contributed by atoms with Gasteiger partial charge in [0.15, 0.2) is 0 Å². The van der Waals surface area contributed by atoms with E-state index in [1.54, 1.807) is 24.3 Å². The molecule has 0 aliphatic heterocycles. The van der Waals surface area contributed by atoms with Crippen molar-refractivity contribution in [1.29, 1.82) is 0 Å². The number of carbonyl (C=O) groups excluding carboxylic acids is 1. The first-order chi connectivity index (χ1) is 9.96. The molecule has 4 heteroatoms. The van der Waals surface area contributed by atoms with Gasteiger partial charge in [-0.25, -0.2) is 0 Å². The van der Waals surface area contributed by atoms with E-state index in [2.05, 4.69) is 5.32 Å². The molecule has 2 N–H and O–H groups in total. The number of hydrogen-bond acceptors (Lipinski definition) is 3. The summed E-state index contributed by atoms with van der Waals surface area (Å²) in [6.07, 6.45) is 1.78. The minimum absolute atomic E-state index is 0.0848. The molecule has 0 fully saturated rings. The molecule has 0 aliphatic rings. The normalized spacial score (nSPS) is 11.5. The lowest BCUT2D eigenvalue weighted by atomic mass is 9.83. The molecule has 1 aromatic rings. The number of carbonyl (C=O) groups is 1. The summed E-state index contributed by atoms with van der Waals surface area (Å²) in [6.45, 7) is 8.56. The van der Waals surface area contributed by atoms with Gasteiger partial charge < -0.3 is 15.2 Å². The third kappa shape index (κ3) is 5.05. The van der Waals surface area contributed by atoms with Gasteiger partial charge in [0.05, 0.1) is 12.7 Å². The van der Waals surface area contributed by atoms with Crippen LogP contribution in [0.25, 0.3) is 0 Å². The average molecular weight is 293 g/mol. The van der Waals surface area contributed by atoms with Crippen LogP contribution in [-0.4, -0.2) is 30.3 Å². The lowest BCUT2D eigenvalue weighted by Crippen LogP contribution is -2.39. The summed E-state index contributed by atoms with van der Waals surface area (Å²) in [5, 5.41) is 12.4. The van der Waals surface area contributed by atoms with Crippen molar-refractivity contribution in [3.8, 4) is 5.75 Å². The van der Waals surface area contributed by atoms with E-state index in [9.17, 15) is 9.90 Å². The van der Waals surface area contributed by atoms with E-state index in [0.29, 0.717) is 12.1 Å². The monoisotopic (exact) mass is 293 g/mol. The quantitative estimate of drug-likeness (QED) is 0.774. The Hall–Kier alpha value is -1.55. The fourth-order valence-electron chi connectivity index (χ4n) is 2.11. The van der Waals surface area contributed by atoms with Crippen LogP contribution in [0.2, 0.25) is 0 Å². The molecule has 0 saturated heterocycles. The highest BCUT2D eigenvalue weighted by Crippen LogP contribution is 2.24. The zero-order valence-electron chi connectivity index (χ0n) is 13.5. The Balaban J connectivity index is 2.63. The van der Waals surface area contributed by atoms with E-state index in [4.69, 9.17) is 4.74 Å². The minimum atomic E-state index is -0.226. The summed E-state index contributed by atoms with van der Waals surface area (Å²) >= 11 is 0. The summed E-state index contributed by atoms with van der Waals surface area (Å²) in [7, 11) is 0. The summed E-state index contributed by atoms with van der Waals surface area (Å²) in [5.74, 6) is 0.638. The molecule has 1 rings (SSSR count). The second-order valence-electron chi connectivity index (χ2n) is 5.74. The van der Waals surface area contributed by atoms with Crippen LogP contribution < -0.4 is 10.1 Å². The zero-order valence-corrected chi connectivity index (χ0v) is 13.5. The first kappa shape index (κ1) is 17.5. The summed E-state index contributed by atoms with van der Waals surface area (Å²) in [4.78, 5) is 12.1. The van der Waals surface area contributed by atoms with Crippen molar-refractivity contribution in [3.63, 3.8) is 0 Å². The van der Waals surface area contributed by atoms with E-state index in [0.717, 1.165) is 18.6 Å². The number of rotatable bonds is 8. The molecule has 0 radical (unpaired) electrons. The largest absolute Gasteiger partial charge is 0.491 e. The van der Waals surface area contributed by atoms with Crippen LogP contribution in [0, 0.1) is 5.41 Å². The van der Waals surface area contributed by atoms with Crippen LogP contribution in [0.1, 0.15) is 50.9 Å². The molecule has 21 heavy (non-hydrogen) atoms. The van der Waals surface area contributed by atoms with Gasteiger partial charge >= 0.3 is 0 Å². The van der Waals surface area contributed by atoms with E-state index < -0.39 is 0 Å². The SMILES string of the molecule is CCC(CC)(CO)CNC(=O)c1ccc(OC(C)C)cc1. The van der Waals surface area contributed by atoms with Crippen molar-refractivity contribution < 1.29 is 14.6 Å². The maximum Gasteiger partial charge on any atom is 0.251 e. The molecule has 0 spiro atoms. The number of benzene rings is 1. The van der Waals surface area contributed by atoms with Crippen molar-refractivity contribution in [2.45, 2.75) is 46.6 Å². The molecular weight excluding hydrogens is 266 g/mol. The van der Waals surface area contributed by atoms with Crippen LogP contribution in [0.4, 0.5) is 0 Å². The van der Waals surface area contributed by atoms with Crippen molar-refractivity contribution >= 4 is 5.91 Å². The standard InChI is InChI=1S/C17H27NO3/c1-5-17(6-2,12-19)11-18-16(20)14-7-9-15(10-8-14)21-13(3)4/h7-10,13,19H,5-6,11-12H2,1-4H3,(H,18,20). The van der Waals surface area contributed by atoms with Crippen molar-refractivity contribution in [2.24, 2.45) is 5.41 Å². The van der Waals surface area contributed by atoms with Gasteiger partial charge in [-0.2, -0.15) is 0 Å². The summed E-state index contributed by atoms with van der Waals surface area (Å²) < 4.78 is 5.55. The number of aliphatic hydroxyl groups excluding tert-OH is 1. The van der Waals surface area contributed by atoms with Gasteiger partial charge in [-0.3, -0.25) is 4.79 Å². The van der Waals surface area contributed by atoms with Gasteiger partial charge in [0.1, 0.15) is 5.75 Å². The maximum absolute atomic E-state index is 12.1. The Labute approximate surface area is 127 Å². The predicted molar refractivity (Wildman–Crippen MR) is 84.6 cm³/mol. The Kier molecular flexibility index (Phi) is 6.69. The van der Waals surface area contributed by atoms with Gasteiger partial charge in [0.25, 0.3) is 5.91 Å². The molecule has 4 nitrogen and oxygen atoms in total. The topological polar surface area (TPSA) is 58.6 Å². The molecule has 0 aliphatic carbocycles. The van der Waals surface area contributed by atoms with Crippen LogP contribution in [0.3, 0.4) is 0 Å². The summed E-state index contributed by atoms with van der Waals surface area (Å²) in [5.41, 5.74) is 0.376. The van der Waals surface area contributed by atoms with Gasteiger partial charge in [-0.05, 0) is 51.0 Å². The molecule has 0 bridgehead atoms. The van der Waals surface area contributed by atoms with Crippen molar-refractivity contribution in [3.05, 3.63) is 29.8 Å². The zero-order chi connectivity index (χ0) is 15.9. The van der Waals surface area contributed by atoms with E-state index >= 15 is 0 Å². The van der Waals surface area contributed by atoms with Gasteiger partial charge in [-0.1, -0.05) is 13.8 Å². The van der Waals surface area contributed by atoms with Crippen LogP contribution in [0.5, 0.6) is 5.75 Å². The van der Waals surface area contributed by atoms with Gasteiger partial charge in [-0.15, -0.1) is 0 Å². The van der Waals surface area contributed by atoms with Crippen LogP contribution >= 0.6 is 0 Å². The minimum Gasteiger partial charge on any atom is -0.491 e. The maximum atomic E-state index is 12.1. The molecule has 0 heterocycles. The smallest absolute Gasteiger partial charge is 0.251 e. The Bertz CT molecular complexity index is 428. The summed E-state index contributed by atoms with van der Waals surface area (Å²) in [6, 6.07) is 7.11. The van der Waals surface area contributed by atoms with Crippen molar-refractivity contribution in [2.75, 3.05) is 13.2 Å². The fourth-order valence-corrected chi connectivity index (χ4v) is 2.11. The number of hydrogen-bond donors (Lipinski definition) is 2. The van der Waals surface area contributed by atoms with Crippen LogP contribution in [0.15, 0.2) is 24.3 Å². The molecule has 1 aromatic carbocycles. The van der Waals surface area contributed by atoms with E-state index in [-0.39, 0.29) is 24.0 Å². The molecule has 0 atom stereocenters. The molecule has 1 amide bonds. The Morgan fingerprint density at radius 1 is 1.24 bits per heavy atom. The number of ether oxygens (including phenoxy) is 1. The molecule has 0 unspecified atom stereocenters. The molecular formula is C17H27NO3. The number of amides is 1. The molecule has 118 valence electrons. The second-order valence-corrected chi connectivity index (χ2v) is 5.74. The first-order valence-corrected chi connectivity index (χ1v) is 7.62. The van der Waals surface area contributed by atoms with Gasteiger partial charge in [0, 0.05) is 17.5 Å². The van der Waals surface area contributed by atoms with E-state index in [1.807, 2.05) is 27.7 Å². The Morgan fingerprint density at radius 3 is 2.24 bits per heavy atom. The highest BCUT2D eigenvalue weighted by Gasteiger charge is 2.25. The van der Waals surface area contributed by atoms with Crippen molar-refractivity contribution in [1.82, 2.24) is 5.32 Å². The van der Waals surface area contributed by atoms with Crippen LogP contribution in [-0.2, 0) is 0 Å². The second kappa shape index (κ2) is 8.03. The fraction of sp³-hybridized carbons (Fsp3) is 0.588. The predicted octanol–water partition coefficient (Wildman–Crippen LogP) is 3.00. The highest BCUT2D eigenvalue weighted by atomic mass is 16.5.